The summed E-state index contributed by atoms with van der Waals surface area (Å²) in [5.74, 6) is -0.216. The average Bonchev–Trinajstić information content (AvgIpc) is 2.65. The van der Waals surface area contributed by atoms with Crippen LogP contribution in [0.1, 0.15) is 18.4 Å². The first-order chi connectivity index (χ1) is 8.42. The Kier molecular flexibility index (Phi) is 3.61. The van der Waals surface area contributed by atoms with E-state index in [1.807, 2.05) is 0 Å². The highest BCUT2D eigenvalue weighted by molar-refractivity contribution is 5.31. The molecule has 2 rings (SSSR count). The summed E-state index contributed by atoms with van der Waals surface area (Å²) >= 11 is 0. The van der Waals surface area contributed by atoms with Crippen molar-refractivity contribution in [1.82, 2.24) is 0 Å². The number of ether oxygens (including phenoxy) is 1. The quantitative estimate of drug-likeness (QED) is 0.843. The first-order valence-electron chi connectivity index (χ1n) is 5.65. The van der Waals surface area contributed by atoms with E-state index in [0.717, 1.165) is 24.0 Å². The maximum Gasteiger partial charge on any atom is 0.573 e. The van der Waals surface area contributed by atoms with Gasteiger partial charge in [0.2, 0.25) is 0 Å². The van der Waals surface area contributed by atoms with Crippen molar-refractivity contribution in [3.05, 3.63) is 41.5 Å². The van der Waals surface area contributed by atoms with Crippen LogP contribution in [0.3, 0.4) is 0 Å². The van der Waals surface area contributed by atoms with E-state index in [4.69, 9.17) is 0 Å². The fraction of sp³-hybridized carbons (Fsp3) is 0.385. The third kappa shape index (κ3) is 3.77. The van der Waals surface area contributed by atoms with E-state index in [1.54, 1.807) is 18.2 Å². The highest BCUT2D eigenvalue weighted by Gasteiger charge is 2.30. The SMILES string of the molecule is OC1C=C(Cc2ccc(OC(F)(F)F)cc2)CC1. The molecule has 1 aromatic carbocycles. The van der Waals surface area contributed by atoms with Gasteiger partial charge < -0.3 is 9.84 Å². The van der Waals surface area contributed by atoms with E-state index in [9.17, 15) is 18.3 Å². The summed E-state index contributed by atoms with van der Waals surface area (Å²) in [7, 11) is 0. The van der Waals surface area contributed by atoms with Crippen molar-refractivity contribution in [3.63, 3.8) is 0 Å². The van der Waals surface area contributed by atoms with Crippen LogP contribution in [-0.2, 0) is 6.42 Å². The van der Waals surface area contributed by atoms with Crippen LogP contribution in [0.4, 0.5) is 13.2 Å². The Morgan fingerprint density at radius 3 is 2.39 bits per heavy atom. The zero-order valence-corrected chi connectivity index (χ0v) is 9.57. The van der Waals surface area contributed by atoms with E-state index < -0.39 is 6.36 Å². The molecule has 1 N–H and O–H groups in total. The van der Waals surface area contributed by atoms with Crippen molar-refractivity contribution in [2.24, 2.45) is 0 Å². The minimum Gasteiger partial charge on any atom is -0.406 e. The predicted molar refractivity (Wildman–Crippen MR) is 60.2 cm³/mol. The third-order valence-electron chi connectivity index (χ3n) is 2.78. The largest absolute Gasteiger partial charge is 0.573 e. The minimum atomic E-state index is -4.65. The van der Waals surface area contributed by atoms with Crippen LogP contribution in [-0.4, -0.2) is 17.6 Å². The van der Waals surface area contributed by atoms with Gasteiger partial charge in [0.05, 0.1) is 6.10 Å². The molecule has 5 heteroatoms. The van der Waals surface area contributed by atoms with Crippen molar-refractivity contribution in [1.29, 1.82) is 0 Å². The molecule has 2 nitrogen and oxygen atoms in total. The summed E-state index contributed by atoms with van der Waals surface area (Å²) in [5, 5.41) is 9.33. The van der Waals surface area contributed by atoms with Crippen LogP contribution in [0.25, 0.3) is 0 Å². The van der Waals surface area contributed by atoms with Gasteiger partial charge in [-0.05, 0) is 37.0 Å². The minimum absolute atomic E-state index is 0.216. The molecule has 1 aliphatic carbocycles. The molecule has 0 amide bonds. The summed E-state index contributed by atoms with van der Waals surface area (Å²) < 4.78 is 39.6. The third-order valence-corrected chi connectivity index (χ3v) is 2.78. The molecule has 0 aliphatic heterocycles. The second kappa shape index (κ2) is 5.02. The summed E-state index contributed by atoms with van der Waals surface area (Å²) in [6.45, 7) is 0. The Hall–Kier alpha value is -1.49. The smallest absolute Gasteiger partial charge is 0.406 e. The second-order valence-electron chi connectivity index (χ2n) is 4.30. The maximum atomic E-state index is 12.0. The Morgan fingerprint density at radius 2 is 1.89 bits per heavy atom. The maximum absolute atomic E-state index is 12.0. The monoisotopic (exact) mass is 258 g/mol. The lowest BCUT2D eigenvalue weighted by atomic mass is 10.0. The number of rotatable bonds is 3. The normalized spacial score (nSPS) is 19.8. The van der Waals surface area contributed by atoms with Gasteiger partial charge in [0.1, 0.15) is 5.75 Å². The van der Waals surface area contributed by atoms with E-state index in [2.05, 4.69) is 4.74 Å². The van der Waals surface area contributed by atoms with Crippen molar-refractivity contribution in [2.45, 2.75) is 31.7 Å². The molecule has 0 radical (unpaired) electrons. The van der Waals surface area contributed by atoms with Gasteiger partial charge in [-0.2, -0.15) is 0 Å². The number of halogens is 3. The molecular weight excluding hydrogens is 245 g/mol. The Bertz CT molecular complexity index is 435. The fourth-order valence-corrected chi connectivity index (χ4v) is 1.99. The lowest BCUT2D eigenvalue weighted by Gasteiger charge is -2.09. The van der Waals surface area contributed by atoms with E-state index in [1.165, 1.54) is 12.1 Å². The van der Waals surface area contributed by atoms with E-state index in [0.29, 0.717) is 6.42 Å². The van der Waals surface area contributed by atoms with Gasteiger partial charge in [-0.15, -0.1) is 13.2 Å². The van der Waals surface area contributed by atoms with E-state index >= 15 is 0 Å². The number of benzene rings is 1. The zero-order chi connectivity index (χ0) is 13.2. The van der Waals surface area contributed by atoms with Crippen molar-refractivity contribution < 1.29 is 23.0 Å². The van der Waals surface area contributed by atoms with Gasteiger partial charge in [0, 0.05) is 0 Å². The molecule has 1 aliphatic rings. The van der Waals surface area contributed by atoms with Crippen molar-refractivity contribution >= 4 is 0 Å². The molecule has 98 valence electrons. The summed E-state index contributed by atoms with van der Waals surface area (Å²) in [6, 6.07) is 5.81. The molecule has 1 atom stereocenters. The van der Waals surface area contributed by atoms with E-state index in [-0.39, 0.29) is 11.9 Å². The first-order valence-corrected chi connectivity index (χ1v) is 5.65. The average molecular weight is 258 g/mol. The molecule has 0 spiro atoms. The number of hydrogen-bond donors (Lipinski definition) is 1. The summed E-state index contributed by atoms with van der Waals surface area (Å²) in [4.78, 5) is 0. The molecular formula is C13H13F3O2. The van der Waals surface area contributed by atoms with Gasteiger partial charge >= 0.3 is 6.36 Å². The molecule has 0 saturated heterocycles. The molecule has 1 aromatic rings. The number of aliphatic hydroxyl groups is 1. The van der Waals surface area contributed by atoms with Gasteiger partial charge in [-0.3, -0.25) is 0 Å². The molecule has 0 heterocycles. The van der Waals surface area contributed by atoms with Gasteiger partial charge in [0.15, 0.2) is 0 Å². The number of aliphatic hydroxyl groups excluding tert-OH is 1. The highest BCUT2D eigenvalue weighted by Crippen LogP contribution is 2.25. The second-order valence-corrected chi connectivity index (χ2v) is 4.30. The number of hydrogen-bond acceptors (Lipinski definition) is 2. The van der Waals surface area contributed by atoms with Crippen LogP contribution < -0.4 is 4.74 Å². The predicted octanol–water partition coefficient (Wildman–Crippen LogP) is 3.21. The van der Waals surface area contributed by atoms with Crippen molar-refractivity contribution in [3.8, 4) is 5.75 Å². The van der Waals surface area contributed by atoms with Gasteiger partial charge in [-0.1, -0.05) is 23.8 Å². The Labute approximate surface area is 103 Å². The fourth-order valence-electron chi connectivity index (χ4n) is 1.99. The number of alkyl halides is 3. The molecule has 0 fully saturated rings. The topological polar surface area (TPSA) is 29.5 Å². The Morgan fingerprint density at radius 1 is 1.22 bits per heavy atom. The standard InChI is InChI=1S/C13H13F3O2/c14-13(15,16)18-12-5-2-9(3-6-12)7-10-1-4-11(17)8-10/h2-3,5-6,8,11,17H,1,4,7H2. The van der Waals surface area contributed by atoms with Crippen LogP contribution >= 0.6 is 0 Å². The van der Waals surface area contributed by atoms with Gasteiger partial charge in [-0.25, -0.2) is 0 Å². The number of allylic oxidation sites excluding steroid dienone is 1. The van der Waals surface area contributed by atoms with Gasteiger partial charge in [0.25, 0.3) is 0 Å². The van der Waals surface area contributed by atoms with Crippen molar-refractivity contribution in [2.75, 3.05) is 0 Å². The lowest BCUT2D eigenvalue weighted by Crippen LogP contribution is -2.17. The molecule has 18 heavy (non-hydrogen) atoms. The first kappa shape index (κ1) is 13.0. The molecule has 1 unspecified atom stereocenters. The molecule has 0 bridgehead atoms. The molecule has 0 saturated carbocycles. The van der Waals surface area contributed by atoms with Crippen LogP contribution in [0.5, 0.6) is 5.75 Å². The summed E-state index contributed by atoms with van der Waals surface area (Å²) in [5.41, 5.74) is 2.02. The van der Waals surface area contributed by atoms with Crippen LogP contribution in [0, 0.1) is 0 Å². The Balaban J connectivity index is 1.98. The highest BCUT2D eigenvalue weighted by atomic mass is 19.4. The summed E-state index contributed by atoms with van der Waals surface area (Å²) in [6.07, 6.45) is -1.01. The molecule has 0 aromatic heterocycles. The lowest BCUT2D eigenvalue weighted by molar-refractivity contribution is -0.274. The van der Waals surface area contributed by atoms with Crippen LogP contribution in [0.2, 0.25) is 0 Å². The van der Waals surface area contributed by atoms with Crippen LogP contribution in [0.15, 0.2) is 35.9 Å². The zero-order valence-electron chi connectivity index (χ0n) is 9.57.